The third kappa shape index (κ3) is 2.58. The zero-order valence-electron chi connectivity index (χ0n) is 11.5. The molecule has 2 aromatic carbocycles. The first-order valence-corrected chi connectivity index (χ1v) is 6.59. The van der Waals surface area contributed by atoms with Crippen LogP contribution in [0.25, 0.3) is 0 Å². The van der Waals surface area contributed by atoms with E-state index in [9.17, 15) is 9.59 Å². The smallest absolute Gasteiger partial charge is 0.307 e. The lowest BCUT2D eigenvalue weighted by atomic mass is 9.99. The fraction of sp³-hybridized carbons (Fsp3) is 0.125. The number of carbonyl (C=O) groups excluding carboxylic acids is 1. The van der Waals surface area contributed by atoms with Gasteiger partial charge in [-0.2, -0.15) is 0 Å². The van der Waals surface area contributed by atoms with E-state index in [-0.39, 0.29) is 19.0 Å². The van der Waals surface area contributed by atoms with Gasteiger partial charge in [0.1, 0.15) is 0 Å². The van der Waals surface area contributed by atoms with Crippen LogP contribution in [0.2, 0.25) is 0 Å². The van der Waals surface area contributed by atoms with Crippen molar-refractivity contribution < 1.29 is 24.2 Å². The summed E-state index contributed by atoms with van der Waals surface area (Å²) in [7, 11) is 0. The van der Waals surface area contributed by atoms with Crippen LogP contribution in [0, 0.1) is 0 Å². The van der Waals surface area contributed by atoms with Gasteiger partial charge in [-0.3, -0.25) is 9.59 Å². The summed E-state index contributed by atoms with van der Waals surface area (Å²) in [5, 5.41) is 8.87. The Hall–Kier alpha value is -3.02. The fourth-order valence-electron chi connectivity index (χ4n) is 2.27. The van der Waals surface area contributed by atoms with E-state index in [1.54, 1.807) is 30.3 Å². The second-order valence-corrected chi connectivity index (χ2v) is 4.88. The summed E-state index contributed by atoms with van der Waals surface area (Å²) < 4.78 is 10.5. The van der Waals surface area contributed by atoms with Gasteiger partial charge in [0.2, 0.25) is 6.79 Å². The Kier molecular flexibility index (Phi) is 3.42. The Morgan fingerprint density at radius 2 is 1.73 bits per heavy atom. The molecule has 0 aliphatic carbocycles. The van der Waals surface area contributed by atoms with E-state index in [4.69, 9.17) is 20.3 Å². The van der Waals surface area contributed by atoms with Gasteiger partial charge in [-0.15, -0.1) is 0 Å². The number of carboxylic acids is 1. The highest BCUT2D eigenvalue weighted by Gasteiger charge is 2.18. The van der Waals surface area contributed by atoms with E-state index < -0.39 is 5.97 Å². The van der Waals surface area contributed by atoms with Crippen molar-refractivity contribution in [3.05, 3.63) is 53.1 Å². The van der Waals surface area contributed by atoms with Gasteiger partial charge in [-0.05, 0) is 42.0 Å². The van der Waals surface area contributed by atoms with Gasteiger partial charge in [0, 0.05) is 16.8 Å². The summed E-state index contributed by atoms with van der Waals surface area (Å²) in [5.74, 6) is -0.114. The lowest BCUT2D eigenvalue weighted by molar-refractivity contribution is -0.136. The monoisotopic (exact) mass is 299 g/mol. The molecule has 1 aliphatic rings. The number of anilines is 1. The van der Waals surface area contributed by atoms with Crippen molar-refractivity contribution in [1.29, 1.82) is 0 Å². The molecule has 0 saturated carbocycles. The third-order valence-corrected chi connectivity index (χ3v) is 3.38. The summed E-state index contributed by atoms with van der Waals surface area (Å²) >= 11 is 0. The van der Waals surface area contributed by atoms with Crippen LogP contribution in [-0.4, -0.2) is 23.7 Å². The molecule has 0 amide bonds. The molecule has 3 rings (SSSR count). The molecule has 3 N–H and O–H groups in total. The molecule has 6 nitrogen and oxygen atoms in total. The minimum absolute atomic E-state index is 0.137. The molecule has 2 aromatic rings. The number of carboxylic acid groups (broad SMARTS) is 1. The molecule has 0 fully saturated rings. The van der Waals surface area contributed by atoms with Gasteiger partial charge in [-0.1, -0.05) is 0 Å². The summed E-state index contributed by atoms with van der Waals surface area (Å²) in [6.07, 6.45) is -0.228. The highest BCUT2D eigenvalue weighted by atomic mass is 16.7. The summed E-state index contributed by atoms with van der Waals surface area (Å²) in [5.41, 5.74) is 7.33. The molecule has 0 unspecified atom stereocenters. The first-order chi connectivity index (χ1) is 10.5. The minimum atomic E-state index is -1.00. The minimum Gasteiger partial charge on any atom is -0.481 e. The lowest BCUT2D eigenvalue weighted by Crippen LogP contribution is -2.07. The van der Waals surface area contributed by atoms with Crippen molar-refractivity contribution >= 4 is 17.4 Å². The van der Waals surface area contributed by atoms with Gasteiger partial charge in [0.15, 0.2) is 17.3 Å². The van der Waals surface area contributed by atoms with E-state index in [0.29, 0.717) is 33.9 Å². The SMILES string of the molecule is Nc1ccc(C(=O)c2ccc3c(c2)OCO3)cc1CC(=O)O. The van der Waals surface area contributed by atoms with Gasteiger partial charge < -0.3 is 20.3 Å². The van der Waals surface area contributed by atoms with E-state index >= 15 is 0 Å². The molecule has 0 bridgehead atoms. The number of aliphatic carboxylic acids is 1. The van der Waals surface area contributed by atoms with Gasteiger partial charge >= 0.3 is 5.97 Å². The topological polar surface area (TPSA) is 98.9 Å². The van der Waals surface area contributed by atoms with Crippen molar-refractivity contribution in [3.8, 4) is 11.5 Å². The Morgan fingerprint density at radius 3 is 2.50 bits per heavy atom. The Labute approximate surface area is 126 Å². The van der Waals surface area contributed by atoms with Crippen LogP contribution in [0.1, 0.15) is 21.5 Å². The second-order valence-electron chi connectivity index (χ2n) is 4.88. The molecule has 0 atom stereocenters. The quantitative estimate of drug-likeness (QED) is 0.660. The van der Waals surface area contributed by atoms with Gasteiger partial charge in [0.05, 0.1) is 6.42 Å². The van der Waals surface area contributed by atoms with Crippen molar-refractivity contribution in [2.75, 3.05) is 12.5 Å². The van der Waals surface area contributed by atoms with Gasteiger partial charge in [0.25, 0.3) is 0 Å². The third-order valence-electron chi connectivity index (χ3n) is 3.38. The Balaban J connectivity index is 1.93. The molecule has 112 valence electrons. The number of nitrogen functional groups attached to an aromatic ring is 1. The number of hydrogen-bond donors (Lipinski definition) is 2. The number of hydrogen-bond acceptors (Lipinski definition) is 5. The molecular weight excluding hydrogens is 286 g/mol. The number of fused-ring (bicyclic) bond motifs is 1. The first-order valence-electron chi connectivity index (χ1n) is 6.59. The number of ketones is 1. The largest absolute Gasteiger partial charge is 0.481 e. The lowest BCUT2D eigenvalue weighted by Gasteiger charge is -2.07. The van der Waals surface area contributed by atoms with Crippen LogP contribution in [0.4, 0.5) is 5.69 Å². The van der Waals surface area contributed by atoms with E-state index in [1.165, 1.54) is 6.07 Å². The number of ether oxygens (including phenoxy) is 2. The molecule has 1 aliphatic heterocycles. The molecule has 0 radical (unpaired) electrons. The van der Waals surface area contributed by atoms with E-state index in [0.717, 1.165) is 0 Å². The van der Waals surface area contributed by atoms with Crippen LogP contribution in [0.5, 0.6) is 11.5 Å². The predicted octanol–water partition coefficient (Wildman–Crippen LogP) is 1.86. The van der Waals surface area contributed by atoms with Crippen LogP contribution in [-0.2, 0) is 11.2 Å². The number of rotatable bonds is 4. The highest BCUT2D eigenvalue weighted by molar-refractivity contribution is 6.09. The molecule has 22 heavy (non-hydrogen) atoms. The summed E-state index contributed by atoms with van der Waals surface area (Å²) in [6, 6.07) is 9.55. The molecular formula is C16H13NO5. The van der Waals surface area contributed by atoms with Crippen LogP contribution in [0.3, 0.4) is 0 Å². The number of carbonyl (C=O) groups is 2. The average molecular weight is 299 g/mol. The van der Waals surface area contributed by atoms with Crippen molar-refractivity contribution in [1.82, 2.24) is 0 Å². The molecule has 0 saturated heterocycles. The molecule has 1 heterocycles. The van der Waals surface area contributed by atoms with Crippen molar-refractivity contribution in [2.45, 2.75) is 6.42 Å². The Bertz CT molecular complexity index is 769. The number of benzene rings is 2. The van der Waals surface area contributed by atoms with E-state index in [1.807, 2.05) is 0 Å². The van der Waals surface area contributed by atoms with Crippen LogP contribution < -0.4 is 15.2 Å². The number of nitrogens with two attached hydrogens (primary N) is 1. The Morgan fingerprint density at radius 1 is 1.05 bits per heavy atom. The second kappa shape index (κ2) is 5.40. The fourth-order valence-corrected chi connectivity index (χ4v) is 2.27. The van der Waals surface area contributed by atoms with E-state index in [2.05, 4.69) is 0 Å². The maximum atomic E-state index is 12.5. The van der Waals surface area contributed by atoms with Crippen LogP contribution >= 0.6 is 0 Å². The summed E-state index contributed by atoms with van der Waals surface area (Å²) in [4.78, 5) is 23.3. The molecule has 0 spiro atoms. The van der Waals surface area contributed by atoms with Crippen LogP contribution in [0.15, 0.2) is 36.4 Å². The highest BCUT2D eigenvalue weighted by Crippen LogP contribution is 2.33. The van der Waals surface area contributed by atoms with Crippen molar-refractivity contribution in [3.63, 3.8) is 0 Å². The average Bonchev–Trinajstić information content (AvgIpc) is 2.95. The normalized spacial score (nSPS) is 12.2. The summed E-state index contributed by atoms with van der Waals surface area (Å²) in [6.45, 7) is 0.137. The van der Waals surface area contributed by atoms with Gasteiger partial charge in [-0.25, -0.2) is 0 Å². The zero-order chi connectivity index (χ0) is 15.7. The zero-order valence-corrected chi connectivity index (χ0v) is 11.5. The maximum absolute atomic E-state index is 12.5. The standard InChI is InChI=1S/C16H13NO5/c17-12-3-1-9(5-11(12)7-15(18)19)16(20)10-2-4-13-14(6-10)22-8-21-13/h1-6H,7-8,17H2,(H,18,19). The predicted molar refractivity (Wildman–Crippen MR) is 78.2 cm³/mol. The molecule has 0 aromatic heterocycles. The molecule has 6 heteroatoms. The maximum Gasteiger partial charge on any atom is 0.307 e. The first kappa shape index (κ1) is 13.9. The van der Waals surface area contributed by atoms with Crippen molar-refractivity contribution in [2.24, 2.45) is 0 Å².